The standard InChI is InChI=1S/C20H22N6O3/c1-12-3-6-18(23-22-12)20-17(13(2)29-24-20)11-26-19(27)7-14(8-21-26)25-9-16(10-25)28-15-4-5-15/h3,6-8,15-16H,4-5,9-11H2,1-2H3. The molecule has 0 N–H and O–H groups in total. The molecule has 0 bridgehead atoms. The summed E-state index contributed by atoms with van der Waals surface area (Å²) in [5, 5.41) is 16.7. The van der Waals surface area contributed by atoms with Crippen molar-refractivity contribution in [1.82, 2.24) is 25.1 Å². The lowest BCUT2D eigenvalue weighted by atomic mass is 10.1. The molecule has 29 heavy (non-hydrogen) atoms. The van der Waals surface area contributed by atoms with Gasteiger partial charge in [-0.2, -0.15) is 10.2 Å². The summed E-state index contributed by atoms with van der Waals surface area (Å²) in [6.45, 7) is 5.56. The van der Waals surface area contributed by atoms with Gasteiger partial charge in [-0.15, -0.1) is 5.10 Å². The topological polar surface area (TPSA) is 99.2 Å². The summed E-state index contributed by atoms with van der Waals surface area (Å²) < 4.78 is 12.6. The Labute approximate surface area is 167 Å². The lowest BCUT2D eigenvalue weighted by Crippen LogP contribution is -2.53. The second-order valence-electron chi connectivity index (χ2n) is 7.70. The molecule has 0 spiro atoms. The summed E-state index contributed by atoms with van der Waals surface area (Å²) in [4.78, 5) is 14.8. The van der Waals surface area contributed by atoms with Crippen molar-refractivity contribution < 1.29 is 9.26 Å². The van der Waals surface area contributed by atoms with Crippen LogP contribution in [0.1, 0.15) is 29.9 Å². The third-order valence-electron chi connectivity index (χ3n) is 5.31. The molecule has 1 saturated carbocycles. The Balaban J connectivity index is 1.33. The Morgan fingerprint density at radius 2 is 2.00 bits per heavy atom. The van der Waals surface area contributed by atoms with Gasteiger partial charge in [-0.3, -0.25) is 4.79 Å². The first kappa shape index (κ1) is 18.0. The Morgan fingerprint density at radius 1 is 1.17 bits per heavy atom. The molecule has 1 aliphatic heterocycles. The van der Waals surface area contributed by atoms with Crippen molar-refractivity contribution in [2.75, 3.05) is 18.0 Å². The van der Waals surface area contributed by atoms with Gasteiger partial charge in [0.05, 0.1) is 36.3 Å². The van der Waals surface area contributed by atoms with Gasteiger partial charge in [0.1, 0.15) is 17.1 Å². The molecule has 2 fully saturated rings. The van der Waals surface area contributed by atoms with E-state index in [2.05, 4.69) is 25.4 Å². The maximum atomic E-state index is 12.6. The first-order valence-electron chi connectivity index (χ1n) is 9.80. The quantitative estimate of drug-likeness (QED) is 0.623. The Hall–Kier alpha value is -3.07. The molecule has 0 radical (unpaired) electrons. The minimum absolute atomic E-state index is 0.171. The van der Waals surface area contributed by atoms with E-state index < -0.39 is 0 Å². The van der Waals surface area contributed by atoms with E-state index in [1.54, 1.807) is 12.3 Å². The van der Waals surface area contributed by atoms with Crippen LogP contribution in [0.25, 0.3) is 11.4 Å². The smallest absolute Gasteiger partial charge is 0.269 e. The Morgan fingerprint density at radius 3 is 2.69 bits per heavy atom. The van der Waals surface area contributed by atoms with Crippen molar-refractivity contribution in [1.29, 1.82) is 0 Å². The minimum Gasteiger partial charge on any atom is -0.371 e. The monoisotopic (exact) mass is 394 g/mol. The Bertz CT molecular complexity index is 1080. The van der Waals surface area contributed by atoms with Crippen LogP contribution < -0.4 is 10.5 Å². The van der Waals surface area contributed by atoms with Crippen LogP contribution >= 0.6 is 0 Å². The van der Waals surface area contributed by atoms with Crippen molar-refractivity contribution in [3.63, 3.8) is 0 Å². The highest BCUT2D eigenvalue weighted by Crippen LogP contribution is 2.29. The van der Waals surface area contributed by atoms with Crippen molar-refractivity contribution in [2.45, 2.75) is 45.4 Å². The van der Waals surface area contributed by atoms with Gasteiger partial charge >= 0.3 is 0 Å². The number of rotatable bonds is 6. The molecular formula is C20H22N6O3. The van der Waals surface area contributed by atoms with E-state index in [9.17, 15) is 4.79 Å². The molecule has 0 aromatic carbocycles. The molecule has 150 valence electrons. The SMILES string of the molecule is Cc1ccc(-c2noc(C)c2Cn2ncc(N3CC(OC4CC4)C3)cc2=O)nn1. The number of aromatic nitrogens is 5. The Kier molecular flexibility index (Phi) is 4.39. The lowest BCUT2D eigenvalue weighted by Gasteiger charge is -2.40. The average molecular weight is 394 g/mol. The van der Waals surface area contributed by atoms with Gasteiger partial charge in [-0.1, -0.05) is 5.16 Å². The highest BCUT2D eigenvalue weighted by atomic mass is 16.5. The third kappa shape index (κ3) is 3.65. The molecular weight excluding hydrogens is 372 g/mol. The summed E-state index contributed by atoms with van der Waals surface area (Å²) in [5.74, 6) is 0.628. The van der Waals surface area contributed by atoms with Crippen LogP contribution in [0.5, 0.6) is 0 Å². The van der Waals surface area contributed by atoms with Gasteiger partial charge in [0, 0.05) is 24.7 Å². The number of hydrogen-bond donors (Lipinski definition) is 0. The summed E-state index contributed by atoms with van der Waals surface area (Å²) in [6.07, 6.45) is 4.79. The van der Waals surface area contributed by atoms with E-state index in [1.807, 2.05) is 26.0 Å². The van der Waals surface area contributed by atoms with Crippen LogP contribution in [0.4, 0.5) is 5.69 Å². The van der Waals surface area contributed by atoms with Crippen LogP contribution in [0, 0.1) is 13.8 Å². The summed E-state index contributed by atoms with van der Waals surface area (Å²) in [6, 6.07) is 5.32. The van der Waals surface area contributed by atoms with E-state index in [0.717, 1.165) is 30.0 Å². The van der Waals surface area contributed by atoms with Crippen LogP contribution in [-0.4, -0.2) is 50.4 Å². The van der Waals surface area contributed by atoms with Gasteiger partial charge in [0.15, 0.2) is 0 Å². The zero-order chi connectivity index (χ0) is 20.0. The molecule has 9 heteroatoms. The predicted molar refractivity (Wildman–Crippen MR) is 105 cm³/mol. The maximum Gasteiger partial charge on any atom is 0.269 e. The fourth-order valence-corrected chi connectivity index (χ4v) is 3.38. The lowest BCUT2D eigenvalue weighted by molar-refractivity contribution is 0.0220. The fourth-order valence-electron chi connectivity index (χ4n) is 3.38. The van der Waals surface area contributed by atoms with E-state index >= 15 is 0 Å². The summed E-state index contributed by atoms with van der Waals surface area (Å²) in [7, 11) is 0. The van der Waals surface area contributed by atoms with Crippen molar-refractivity contribution in [3.05, 3.63) is 51.8 Å². The second kappa shape index (κ2) is 7.07. The number of anilines is 1. The predicted octanol–water partition coefficient (Wildman–Crippen LogP) is 1.72. The molecule has 4 heterocycles. The molecule has 0 unspecified atom stereocenters. The van der Waals surface area contributed by atoms with Crippen LogP contribution in [0.15, 0.2) is 33.7 Å². The third-order valence-corrected chi connectivity index (χ3v) is 5.31. The second-order valence-corrected chi connectivity index (χ2v) is 7.70. The van der Waals surface area contributed by atoms with E-state index in [1.165, 1.54) is 17.5 Å². The number of hydrogen-bond acceptors (Lipinski definition) is 8. The normalized spacial score (nSPS) is 16.8. The zero-order valence-electron chi connectivity index (χ0n) is 16.4. The molecule has 3 aromatic rings. The number of nitrogens with zero attached hydrogens (tertiary/aromatic N) is 6. The van der Waals surface area contributed by atoms with E-state index in [-0.39, 0.29) is 18.2 Å². The molecule has 1 saturated heterocycles. The van der Waals surface area contributed by atoms with E-state index in [4.69, 9.17) is 9.26 Å². The van der Waals surface area contributed by atoms with E-state index in [0.29, 0.717) is 23.3 Å². The molecule has 3 aromatic heterocycles. The van der Waals surface area contributed by atoms with Crippen molar-refractivity contribution >= 4 is 5.69 Å². The average Bonchev–Trinajstić information content (AvgIpc) is 3.43. The maximum absolute atomic E-state index is 12.6. The first-order valence-corrected chi connectivity index (χ1v) is 9.80. The highest BCUT2D eigenvalue weighted by Gasteiger charge is 2.34. The minimum atomic E-state index is -0.171. The summed E-state index contributed by atoms with van der Waals surface area (Å²) in [5.41, 5.74) is 3.43. The molecule has 2 aliphatic rings. The largest absolute Gasteiger partial charge is 0.371 e. The van der Waals surface area contributed by atoms with Crippen molar-refractivity contribution in [3.8, 4) is 11.4 Å². The van der Waals surface area contributed by atoms with Crippen LogP contribution in [0.3, 0.4) is 0 Å². The summed E-state index contributed by atoms with van der Waals surface area (Å²) >= 11 is 0. The van der Waals surface area contributed by atoms with Gasteiger partial charge in [0.2, 0.25) is 0 Å². The molecule has 5 rings (SSSR count). The number of aryl methyl sites for hydroxylation is 2. The van der Waals surface area contributed by atoms with Gasteiger partial charge < -0.3 is 14.2 Å². The van der Waals surface area contributed by atoms with Crippen molar-refractivity contribution in [2.24, 2.45) is 0 Å². The van der Waals surface area contributed by atoms with Gasteiger partial charge in [-0.25, -0.2) is 4.68 Å². The zero-order valence-corrected chi connectivity index (χ0v) is 16.4. The van der Waals surface area contributed by atoms with Gasteiger partial charge in [0.25, 0.3) is 5.56 Å². The fraction of sp³-hybridized carbons (Fsp3) is 0.450. The van der Waals surface area contributed by atoms with Crippen LogP contribution in [-0.2, 0) is 11.3 Å². The molecule has 9 nitrogen and oxygen atoms in total. The molecule has 1 aliphatic carbocycles. The molecule has 0 atom stereocenters. The molecule has 0 amide bonds. The highest BCUT2D eigenvalue weighted by molar-refractivity contribution is 5.58. The first-order chi connectivity index (χ1) is 14.1. The van der Waals surface area contributed by atoms with Gasteiger partial charge in [-0.05, 0) is 38.8 Å². The number of ether oxygens (including phenoxy) is 1. The van der Waals surface area contributed by atoms with Crippen LogP contribution in [0.2, 0.25) is 0 Å².